The van der Waals surface area contributed by atoms with Crippen molar-refractivity contribution in [2.24, 2.45) is 27.3 Å². The fourth-order valence-electron chi connectivity index (χ4n) is 4.02. The lowest BCUT2D eigenvalue weighted by molar-refractivity contribution is -0.130. The highest BCUT2D eigenvalue weighted by Crippen LogP contribution is 2.38. The Hall–Kier alpha value is -2.84. The second-order valence-corrected chi connectivity index (χ2v) is 9.27. The van der Waals surface area contributed by atoms with Crippen molar-refractivity contribution in [1.29, 1.82) is 0 Å². The van der Waals surface area contributed by atoms with E-state index in [1.807, 2.05) is 6.92 Å². The number of halogens is 2. The average Bonchev–Trinajstić information content (AvgIpc) is 2.80. The zero-order chi connectivity index (χ0) is 26.4. The number of amides is 3. The largest absolute Gasteiger partial charge is 0.352 e. The number of primary amides is 1. The van der Waals surface area contributed by atoms with Crippen molar-refractivity contribution >= 4 is 17.6 Å². The number of unbranched alkanes of at least 4 members (excludes halogenated alkanes) is 1. The van der Waals surface area contributed by atoms with Crippen LogP contribution in [0.25, 0.3) is 5.70 Å². The molecule has 1 aromatic rings. The van der Waals surface area contributed by atoms with Crippen molar-refractivity contribution in [2.75, 3.05) is 26.7 Å². The van der Waals surface area contributed by atoms with Crippen LogP contribution in [0.5, 0.6) is 0 Å². The van der Waals surface area contributed by atoms with Crippen molar-refractivity contribution in [3.63, 3.8) is 0 Å². The molecule has 1 rings (SSSR count). The normalized spacial score (nSPS) is 13.2. The molecule has 9 heteroatoms. The van der Waals surface area contributed by atoms with Crippen molar-refractivity contribution in [1.82, 2.24) is 10.2 Å². The molecule has 7 nitrogen and oxygen atoms in total. The van der Waals surface area contributed by atoms with Crippen LogP contribution < -0.4 is 11.1 Å². The minimum Gasteiger partial charge on any atom is -0.352 e. The minimum absolute atomic E-state index is 0.0133. The molecule has 196 valence electrons. The van der Waals surface area contributed by atoms with Gasteiger partial charge < -0.3 is 16.0 Å². The number of allylic oxidation sites excluding steroid dienone is 1. The fraction of sp³-hybridized carbons (Fsp3) is 0.615. The Morgan fingerprint density at radius 1 is 1.20 bits per heavy atom. The second kappa shape index (κ2) is 15.2. The number of nitrogens with zero attached hydrogens (tertiary/aromatic N) is 3. The highest BCUT2D eigenvalue weighted by Gasteiger charge is 2.27. The molecule has 3 amide bonds. The number of azo groups is 1. The molecule has 0 radical (unpaired) electrons. The third-order valence-electron chi connectivity index (χ3n) is 6.64. The van der Waals surface area contributed by atoms with E-state index in [0.29, 0.717) is 19.5 Å². The molecule has 0 bridgehead atoms. The van der Waals surface area contributed by atoms with E-state index in [4.69, 9.17) is 5.73 Å². The maximum absolute atomic E-state index is 14.3. The summed E-state index contributed by atoms with van der Waals surface area (Å²) >= 11 is 0. The average molecular weight is 494 g/mol. The number of nitrogens with two attached hydrogens (primary N) is 1. The third kappa shape index (κ3) is 10.1. The zero-order valence-corrected chi connectivity index (χ0v) is 21.7. The van der Waals surface area contributed by atoms with Gasteiger partial charge in [-0.3, -0.25) is 4.79 Å². The van der Waals surface area contributed by atoms with Crippen LogP contribution in [0.15, 0.2) is 34.5 Å². The van der Waals surface area contributed by atoms with Crippen molar-refractivity contribution in [3.05, 3.63) is 41.5 Å². The molecule has 0 spiro atoms. The molecule has 1 aromatic carbocycles. The van der Waals surface area contributed by atoms with E-state index < -0.39 is 17.7 Å². The summed E-state index contributed by atoms with van der Waals surface area (Å²) in [5, 5.41) is 10.2. The first kappa shape index (κ1) is 30.2. The summed E-state index contributed by atoms with van der Waals surface area (Å²) in [7, 11) is 1.48. The van der Waals surface area contributed by atoms with Crippen LogP contribution in [-0.2, 0) is 4.79 Å². The molecule has 3 N–H and O–H groups in total. The molecular weight excluding hydrogens is 452 g/mol. The number of nitrogens with one attached hydrogen (secondary N) is 1. The van der Waals surface area contributed by atoms with Crippen molar-refractivity contribution in [3.8, 4) is 0 Å². The van der Waals surface area contributed by atoms with Gasteiger partial charge in [-0.1, -0.05) is 45.8 Å². The fourth-order valence-corrected chi connectivity index (χ4v) is 4.02. The Balaban J connectivity index is 2.83. The number of urea groups is 1. The summed E-state index contributed by atoms with van der Waals surface area (Å²) in [6, 6.07) is 3.13. The van der Waals surface area contributed by atoms with Gasteiger partial charge in [0, 0.05) is 33.1 Å². The van der Waals surface area contributed by atoms with Gasteiger partial charge in [0.1, 0.15) is 11.6 Å². The lowest BCUT2D eigenvalue weighted by Gasteiger charge is -2.33. The van der Waals surface area contributed by atoms with Crippen LogP contribution in [0, 0.1) is 23.0 Å². The van der Waals surface area contributed by atoms with Gasteiger partial charge in [-0.15, -0.1) is 0 Å². The van der Waals surface area contributed by atoms with E-state index in [2.05, 4.69) is 36.3 Å². The van der Waals surface area contributed by atoms with E-state index >= 15 is 0 Å². The van der Waals surface area contributed by atoms with Gasteiger partial charge >= 0.3 is 6.03 Å². The monoisotopic (exact) mass is 493 g/mol. The molecular formula is C26H41F2N5O2. The van der Waals surface area contributed by atoms with Crippen LogP contribution in [0.4, 0.5) is 13.6 Å². The second-order valence-electron chi connectivity index (χ2n) is 9.27. The molecule has 0 aromatic heterocycles. The third-order valence-corrected chi connectivity index (χ3v) is 6.64. The molecule has 0 heterocycles. The molecule has 0 saturated heterocycles. The molecule has 0 saturated carbocycles. The van der Waals surface area contributed by atoms with E-state index in [0.717, 1.165) is 25.7 Å². The Bertz CT molecular complexity index is 866. The maximum Gasteiger partial charge on any atom is 0.312 e. The molecule has 0 aliphatic carbocycles. The lowest BCUT2D eigenvalue weighted by Crippen LogP contribution is -2.36. The predicted octanol–water partition coefficient (Wildman–Crippen LogP) is 5.91. The van der Waals surface area contributed by atoms with Gasteiger partial charge in [-0.05, 0) is 49.7 Å². The molecule has 35 heavy (non-hydrogen) atoms. The van der Waals surface area contributed by atoms with Crippen molar-refractivity contribution < 1.29 is 18.4 Å². The Morgan fingerprint density at radius 2 is 1.86 bits per heavy atom. The van der Waals surface area contributed by atoms with Gasteiger partial charge in [0.25, 0.3) is 0 Å². The van der Waals surface area contributed by atoms with Gasteiger partial charge in [0.05, 0.1) is 11.3 Å². The summed E-state index contributed by atoms with van der Waals surface area (Å²) in [5.74, 6) is -1.08. The number of rotatable bonds is 15. The molecule has 0 aliphatic heterocycles. The zero-order valence-electron chi connectivity index (χ0n) is 21.7. The van der Waals surface area contributed by atoms with Gasteiger partial charge in [-0.2, -0.15) is 10.2 Å². The van der Waals surface area contributed by atoms with E-state index in [1.54, 1.807) is 11.0 Å². The summed E-state index contributed by atoms with van der Waals surface area (Å²) < 4.78 is 28.7. The van der Waals surface area contributed by atoms with Crippen LogP contribution in [0.2, 0.25) is 0 Å². The van der Waals surface area contributed by atoms with Crippen LogP contribution in [0.1, 0.15) is 71.8 Å². The first-order valence-corrected chi connectivity index (χ1v) is 12.3. The quantitative estimate of drug-likeness (QED) is 0.234. The van der Waals surface area contributed by atoms with Crippen LogP contribution >= 0.6 is 0 Å². The predicted molar refractivity (Wildman–Crippen MR) is 136 cm³/mol. The van der Waals surface area contributed by atoms with Crippen LogP contribution in [-0.4, -0.2) is 43.5 Å². The van der Waals surface area contributed by atoms with Gasteiger partial charge in [0.15, 0.2) is 0 Å². The highest BCUT2D eigenvalue weighted by atomic mass is 19.1. The topological polar surface area (TPSA) is 100 Å². The van der Waals surface area contributed by atoms with Crippen LogP contribution in [0.3, 0.4) is 0 Å². The summed E-state index contributed by atoms with van der Waals surface area (Å²) in [6.07, 6.45) is 6.21. The summed E-state index contributed by atoms with van der Waals surface area (Å²) in [5.41, 5.74) is 5.10. The molecule has 0 fully saturated rings. The van der Waals surface area contributed by atoms with Gasteiger partial charge in [0.2, 0.25) is 5.91 Å². The first-order chi connectivity index (χ1) is 16.6. The number of hydrogen-bond acceptors (Lipinski definition) is 4. The number of hydrogen-bond donors (Lipinski definition) is 2. The van der Waals surface area contributed by atoms with E-state index in [9.17, 15) is 18.4 Å². The summed E-state index contributed by atoms with van der Waals surface area (Å²) in [4.78, 5) is 24.9. The molecule has 1 atom stereocenters. The van der Waals surface area contributed by atoms with E-state index in [1.165, 1.54) is 25.2 Å². The van der Waals surface area contributed by atoms with Crippen molar-refractivity contribution in [2.45, 2.75) is 66.2 Å². The number of carbonyl (C=O) groups excluding carboxylic acids is 2. The van der Waals surface area contributed by atoms with Gasteiger partial charge in [-0.25, -0.2) is 13.6 Å². The molecule has 0 unspecified atom stereocenters. The minimum atomic E-state index is -0.662. The Labute approximate surface area is 208 Å². The molecule has 0 aliphatic rings. The Morgan fingerprint density at radius 3 is 2.40 bits per heavy atom. The maximum atomic E-state index is 14.3. The standard InChI is InChI=1S/C26H41F2N5O2/c1-6-26(3,4)19(11-8-9-18-33(7-2)23(34)16-17-31-25(29)35)14-15-22(32-30-5)24-20(27)12-10-13-21(24)28/h10,12-13,15,19H,6-9,11,14,16-18H2,1-5H3,(H3,29,31,35)/b22-15-,32-30?/t19-/m0/s1. The SMILES string of the molecule is CCN(CCCC[C@@H](C/C=C(\N=NC)c1c(F)cccc1F)C(C)(C)CC)C(=O)CCNC(N)=O. The smallest absolute Gasteiger partial charge is 0.312 e. The van der Waals surface area contributed by atoms with E-state index in [-0.39, 0.29) is 41.5 Å². The Kier molecular flexibility index (Phi) is 13.1. The highest BCUT2D eigenvalue weighted by molar-refractivity contribution is 5.77. The lowest BCUT2D eigenvalue weighted by atomic mass is 9.72. The number of carbonyl (C=O) groups is 2. The summed E-state index contributed by atoms with van der Waals surface area (Å²) in [6.45, 7) is 9.92. The first-order valence-electron chi connectivity index (χ1n) is 12.3. The number of benzene rings is 1.